The van der Waals surface area contributed by atoms with Crippen molar-refractivity contribution in [3.05, 3.63) is 0 Å². The van der Waals surface area contributed by atoms with E-state index in [1.165, 1.54) is 25.7 Å². The Bertz CT molecular complexity index is 338. The second-order valence-electron chi connectivity index (χ2n) is 6.10. The fraction of sp³-hybridized carbons (Fsp3) is 0.857. The summed E-state index contributed by atoms with van der Waals surface area (Å²) in [5.41, 5.74) is 5.02. The van der Waals surface area contributed by atoms with Crippen LogP contribution >= 0.6 is 12.2 Å². The Labute approximate surface area is 115 Å². The molecule has 0 aromatic rings. The summed E-state index contributed by atoms with van der Waals surface area (Å²) in [4.78, 5) is 12.6. The Morgan fingerprint density at radius 1 is 1.39 bits per heavy atom. The van der Waals surface area contributed by atoms with Crippen molar-refractivity contribution in [3.8, 4) is 0 Å². The molecule has 2 fully saturated rings. The maximum absolute atomic E-state index is 12.2. The number of amides is 1. The molecule has 2 aliphatic rings. The third-order valence-electron chi connectivity index (χ3n) is 4.71. The van der Waals surface area contributed by atoms with Gasteiger partial charge in [0.1, 0.15) is 0 Å². The number of hydrogen-bond donors (Lipinski definition) is 2. The number of hydrogen-bond acceptors (Lipinski definition) is 2. The number of carbonyl (C=O) groups is 1. The molecule has 102 valence electrons. The summed E-state index contributed by atoms with van der Waals surface area (Å²) < 4.78 is 0. The minimum atomic E-state index is -0.688. The van der Waals surface area contributed by atoms with Gasteiger partial charge in [0.2, 0.25) is 5.91 Å². The molecular weight excluding hydrogens is 244 g/mol. The molecule has 3 N–H and O–H groups in total. The molecule has 0 saturated heterocycles. The summed E-state index contributed by atoms with van der Waals surface area (Å²) >= 11 is 5.03. The van der Waals surface area contributed by atoms with Gasteiger partial charge < -0.3 is 11.1 Å². The molecule has 0 radical (unpaired) electrons. The number of rotatable bonds is 7. The molecule has 2 saturated carbocycles. The SMILES string of the molecule is CCC(C)(C(=O)NCC(C1CC1)C1CC1)C(N)=S. The molecule has 1 unspecified atom stereocenters. The van der Waals surface area contributed by atoms with Crippen LogP contribution in [-0.4, -0.2) is 17.4 Å². The molecule has 0 aromatic carbocycles. The van der Waals surface area contributed by atoms with E-state index in [1.54, 1.807) is 0 Å². The quantitative estimate of drug-likeness (QED) is 0.696. The first-order valence-corrected chi connectivity index (χ1v) is 7.48. The van der Waals surface area contributed by atoms with Crippen molar-refractivity contribution >= 4 is 23.1 Å². The minimum Gasteiger partial charge on any atom is -0.392 e. The van der Waals surface area contributed by atoms with Crippen molar-refractivity contribution in [2.75, 3.05) is 6.54 Å². The average molecular weight is 268 g/mol. The van der Waals surface area contributed by atoms with Gasteiger partial charge in [0, 0.05) is 6.54 Å². The van der Waals surface area contributed by atoms with Crippen LogP contribution in [0.2, 0.25) is 0 Å². The van der Waals surface area contributed by atoms with Crippen molar-refractivity contribution in [2.24, 2.45) is 28.9 Å². The Morgan fingerprint density at radius 2 is 1.89 bits per heavy atom. The molecule has 0 aliphatic heterocycles. The topological polar surface area (TPSA) is 55.1 Å². The largest absolute Gasteiger partial charge is 0.392 e. The maximum Gasteiger partial charge on any atom is 0.232 e. The van der Waals surface area contributed by atoms with Crippen molar-refractivity contribution in [2.45, 2.75) is 46.0 Å². The molecule has 0 aromatic heterocycles. The van der Waals surface area contributed by atoms with Gasteiger partial charge in [0.05, 0.1) is 10.4 Å². The zero-order valence-corrected chi connectivity index (χ0v) is 12.2. The average Bonchev–Trinajstić information content (AvgIpc) is 3.18. The van der Waals surface area contributed by atoms with E-state index >= 15 is 0 Å². The van der Waals surface area contributed by atoms with Crippen LogP contribution in [0.15, 0.2) is 0 Å². The Hall–Kier alpha value is -0.640. The van der Waals surface area contributed by atoms with E-state index in [2.05, 4.69) is 5.32 Å². The summed E-state index contributed by atoms with van der Waals surface area (Å²) in [7, 11) is 0. The molecule has 4 heteroatoms. The van der Waals surface area contributed by atoms with Crippen LogP contribution in [0, 0.1) is 23.2 Å². The van der Waals surface area contributed by atoms with Crippen LogP contribution in [0.25, 0.3) is 0 Å². The third-order valence-corrected chi connectivity index (χ3v) is 5.16. The van der Waals surface area contributed by atoms with Gasteiger partial charge in [-0.05, 0) is 56.8 Å². The molecule has 2 rings (SSSR count). The summed E-state index contributed by atoms with van der Waals surface area (Å²) in [6.45, 7) is 4.61. The smallest absolute Gasteiger partial charge is 0.232 e. The first-order valence-electron chi connectivity index (χ1n) is 7.07. The van der Waals surface area contributed by atoms with Crippen LogP contribution in [-0.2, 0) is 4.79 Å². The van der Waals surface area contributed by atoms with Crippen molar-refractivity contribution in [1.82, 2.24) is 5.32 Å². The number of carbonyl (C=O) groups excluding carboxylic acids is 1. The van der Waals surface area contributed by atoms with Gasteiger partial charge in [-0.3, -0.25) is 4.79 Å². The Balaban J connectivity index is 1.88. The standard InChI is InChI=1S/C14H24N2OS/c1-3-14(2,12(15)18)13(17)16-8-11(9-4-5-9)10-6-7-10/h9-11H,3-8H2,1-2H3,(H2,15,18)(H,16,17). The number of thiocarbonyl (C=S) groups is 1. The Morgan fingerprint density at radius 3 is 2.22 bits per heavy atom. The lowest BCUT2D eigenvalue weighted by Crippen LogP contribution is -2.48. The second-order valence-corrected chi connectivity index (χ2v) is 6.54. The minimum absolute atomic E-state index is 0.00352. The molecule has 0 spiro atoms. The van der Waals surface area contributed by atoms with Gasteiger partial charge in [-0.1, -0.05) is 19.1 Å². The van der Waals surface area contributed by atoms with E-state index in [0.717, 1.165) is 18.4 Å². The number of nitrogens with one attached hydrogen (secondary N) is 1. The second kappa shape index (κ2) is 5.16. The molecule has 0 bridgehead atoms. The highest BCUT2D eigenvalue weighted by Gasteiger charge is 2.42. The van der Waals surface area contributed by atoms with Gasteiger partial charge in [-0.15, -0.1) is 0 Å². The van der Waals surface area contributed by atoms with Gasteiger partial charge in [-0.25, -0.2) is 0 Å². The third kappa shape index (κ3) is 2.85. The highest BCUT2D eigenvalue weighted by molar-refractivity contribution is 7.80. The highest BCUT2D eigenvalue weighted by atomic mass is 32.1. The van der Waals surface area contributed by atoms with Crippen molar-refractivity contribution < 1.29 is 4.79 Å². The van der Waals surface area contributed by atoms with Gasteiger partial charge >= 0.3 is 0 Å². The molecule has 0 heterocycles. The first kappa shape index (κ1) is 13.8. The van der Waals surface area contributed by atoms with Crippen molar-refractivity contribution in [3.63, 3.8) is 0 Å². The monoisotopic (exact) mass is 268 g/mol. The molecule has 1 amide bonds. The van der Waals surface area contributed by atoms with Crippen LogP contribution < -0.4 is 11.1 Å². The fourth-order valence-corrected chi connectivity index (χ4v) is 2.86. The van der Waals surface area contributed by atoms with Crippen LogP contribution in [0.5, 0.6) is 0 Å². The van der Waals surface area contributed by atoms with E-state index in [4.69, 9.17) is 18.0 Å². The molecule has 2 aliphatic carbocycles. The zero-order chi connectivity index (χ0) is 13.3. The van der Waals surface area contributed by atoms with Crippen molar-refractivity contribution in [1.29, 1.82) is 0 Å². The van der Waals surface area contributed by atoms with E-state index in [-0.39, 0.29) is 5.91 Å². The molecule has 18 heavy (non-hydrogen) atoms. The predicted octanol–water partition coefficient (Wildman–Crippen LogP) is 2.24. The fourth-order valence-electron chi connectivity index (χ4n) is 2.62. The van der Waals surface area contributed by atoms with E-state index in [0.29, 0.717) is 17.3 Å². The van der Waals surface area contributed by atoms with Gasteiger partial charge in [-0.2, -0.15) is 0 Å². The molecule has 3 nitrogen and oxygen atoms in total. The van der Waals surface area contributed by atoms with Crippen LogP contribution in [0.1, 0.15) is 46.0 Å². The van der Waals surface area contributed by atoms with Crippen LogP contribution in [0.3, 0.4) is 0 Å². The van der Waals surface area contributed by atoms with Crippen LogP contribution in [0.4, 0.5) is 0 Å². The lowest BCUT2D eigenvalue weighted by atomic mass is 9.86. The summed E-state index contributed by atoms with van der Waals surface area (Å²) in [5.74, 6) is 2.41. The Kier molecular flexibility index (Phi) is 3.95. The molecule has 1 atom stereocenters. The van der Waals surface area contributed by atoms with E-state index in [1.807, 2.05) is 13.8 Å². The molecular formula is C14H24N2OS. The maximum atomic E-state index is 12.2. The first-order chi connectivity index (χ1) is 8.49. The van der Waals surface area contributed by atoms with E-state index < -0.39 is 5.41 Å². The van der Waals surface area contributed by atoms with Gasteiger partial charge in [0.15, 0.2) is 0 Å². The van der Waals surface area contributed by atoms with E-state index in [9.17, 15) is 4.79 Å². The normalized spacial score (nSPS) is 22.6. The number of nitrogens with two attached hydrogens (primary N) is 1. The van der Waals surface area contributed by atoms with Gasteiger partial charge in [0.25, 0.3) is 0 Å². The lowest BCUT2D eigenvalue weighted by molar-refractivity contribution is -0.127. The summed E-state index contributed by atoms with van der Waals surface area (Å²) in [6.07, 6.45) is 6.04. The summed E-state index contributed by atoms with van der Waals surface area (Å²) in [6, 6.07) is 0. The lowest BCUT2D eigenvalue weighted by Gasteiger charge is -2.27. The summed E-state index contributed by atoms with van der Waals surface area (Å²) in [5, 5.41) is 3.09. The predicted molar refractivity (Wildman–Crippen MR) is 77.1 cm³/mol. The zero-order valence-electron chi connectivity index (χ0n) is 11.4. The highest BCUT2D eigenvalue weighted by Crippen LogP contribution is 2.48.